The number of carbonyl (C=O) groups is 1. The molecule has 4 nitrogen and oxygen atoms in total. The molecule has 0 fully saturated rings. The third-order valence-electron chi connectivity index (χ3n) is 2.64. The van der Waals surface area contributed by atoms with Crippen molar-refractivity contribution < 1.29 is 18.0 Å². The largest absolute Gasteiger partial charge is 0.401 e. The number of halogens is 3. The predicted octanol–water partition coefficient (Wildman–Crippen LogP) is 2.57. The molecule has 0 radical (unpaired) electrons. The molecule has 0 atom stereocenters. The van der Waals surface area contributed by atoms with E-state index in [0.29, 0.717) is 5.69 Å². The third-order valence-corrected chi connectivity index (χ3v) is 2.64. The zero-order valence-electron chi connectivity index (χ0n) is 11.0. The van der Waals surface area contributed by atoms with E-state index in [4.69, 9.17) is 0 Å². The lowest BCUT2D eigenvalue weighted by molar-refractivity contribution is -0.126. The highest BCUT2D eigenvalue weighted by atomic mass is 19.4. The normalized spacial score (nSPS) is 11.4. The first-order chi connectivity index (χ1) is 9.94. The Morgan fingerprint density at radius 1 is 1.14 bits per heavy atom. The van der Waals surface area contributed by atoms with Crippen LogP contribution in [0.4, 0.5) is 18.9 Å². The van der Waals surface area contributed by atoms with Crippen molar-refractivity contribution in [2.75, 3.05) is 18.4 Å². The van der Waals surface area contributed by atoms with Gasteiger partial charge in [0.1, 0.15) is 0 Å². The van der Waals surface area contributed by atoms with Crippen molar-refractivity contribution in [3.63, 3.8) is 0 Å². The van der Waals surface area contributed by atoms with Gasteiger partial charge in [0.25, 0.3) is 0 Å². The average molecular weight is 297 g/mol. The third kappa shape index (κ3) is 4.96. The fourth-order valence-corrected chi connectivity index (χ4v) is 1.77. The number of amides is 1. The Bertz CT molecular complexity index is 594. The Kier molecular flexibility index (Phi) is 4.64. The zero-order valence-corrected chi connectivity index (χ0v) is 11.0. The number of hydrogen-bond donors (Lipinski definition) is 2. The van der Waals surface area contributed by atoms with Crippen LogP contribution in [0.15, 0.2) is 48.8 Å². The maximum absolute atomic E-state index is 11.9. The van der Waals surface area contributed by atoms with E-state index in [1.807, 2.05) is 40.5 Å². The van der Waals surface area contributed by atoms with Gasteiger partial charge in [-0.2, -0.15) is 13.2 Å². The van der Waals surface area contributed by atoms with E-state index in [-0.39, 0.29) is 0 Å². The molecule has 0 saturated carbocycles. The molecule has 21 heavy (non-hydrogen) atoms. The van der Waals surface area contributed by atoms with E-state index in [1.54, 1.807) is 18.2 Å². The highest BCUT2D eigenvalue weighted by molar-refractivity contribution is 5.92. The number of anilines is 1. The summed E-state index contributed by atoms with van der Waals surface area (Å²) in [4.78, 5) is 11.5. The van der Waals surface area contributed by atoms with E-state index < -0.39 is 25.2 Å². The van der Waals surface area contributed by atoms with Crippen molar-refractivity contribution in [2.45, 2.75) is 6.18 Å². The van der Waals surface area contributed by atoms with Crippen LogP contribution in [-0.4, -0.2) is 29.7 Å². The molecule has 0 saturated heterocycles. The summed E-state index contributed by atoms with van der Waals surface area (Å²) < 4.78 is 37.7. The molecule has 1 aromatic heterocycles. The molecule has 2 aromatic rings. The SMILES string of the molecule is O=C(CNCC(F)(F)F)Nc1cccc(-n2cccc2)c1. The van der Waals surface area contributed by atoms with Gasteiger partial charge in [-0.05, 0) is 30.3 Å². The molecule has 112 valence electrons. The molecule has 0 aliphatic carbocycles. The molecule has 2 N–H and O–H groups in total. The number of rotatable bonds is 5. The van der Waals surface area contributed by atoms with Gasteiger partial charge in [-0.25, -0.2) is 0 Å². The Balaban J connectivity index is 1.91. The van der Waals surface area contributed by atoms with Gasteiger partial charge < -0.3 is 15.2 Å². The van der Waals surface area contributed by atoms with Crippen molar-refractivity contribution in [2.24, 2.45) is 0 Å². The maximum atomic E-state index is 11.9. The van der Waals surface area contributed by atoms with Crippen LogP contribution < -0.4 is 10.6 Å². The molecular formula is C14H14F3N3O. The van der Waals surface area contributed by atoms with Crippen LogP contribution >= 0.6 is 0 Å². The van der Waals surface area contributed by atoms with Crippen LogP contribution in [-0.2, 0) is 4.79 Å². The molecule has 0 aliphatic rings. The monoisotopic (exact) mass is 297 g/mol. The van der Waals surface area contributed by atoms with Gasteiger partial charge in [0.2, 0.25) is 5.91 Å². The van der Waals surface area contributed by atoms with Gasteiger partial charge >= 0.3 is 6.18 Å². The second-order valence-corrected chi connectivity index (χ2v) is 4.41. The maximum Gasteiger partial charge on any atom is 0.401 e. The van der Waals surface area contributed by atoms with E-state index >= 15 is 0 Å². The molecular weight excluding hydrogens is 283 g/mol. The summed E-state index contributed by atoms with van der Waals surface area (Å²) in [7, 11) is 0. The Morgan fingerprint density at radius 2 is 1.86 bits per heavy atom. The van der Waals surface area contributed by atoms with Crippen LogP contribution in [0.1, 0.15) is 0 Å². The fraction of sp³-hybridized carbons (Fsp3) is 0.214. The number of hydrogen-bond acceptors (Lipinski definition) is 2. The lowest BCUT2D eigenvalue weighted by atomic mass is 10.2. The van der Waals surface area contributed by atoms with Gasteiger partial charge in [0.15, 0.2) is 0 Å². The summed E-state index contributed by atoms with van der Waals surface area (Å²) >= 11 is 0. The van der Waals surface area contributed by atoms with Crippen molar-refractivity contribution in [3.05, 3.63) is 48.8 Å². The molecule has 0 unspecified atom stereocenters. The smallest absolute Gasteiger partial charge is 0.325 e. The van der Waals surface area contributed by atoms with Crippen molar-refractivity contribution in [1.82, 2.24) is 9.88 Å². The standard InChI is InChI=1S/C14H14F3N3O/c15-14(16,17)10-18-9-13(21)19-11-4-3-5-12(8-11)20-6-1-2-7-20/h1-8,18H,9-10H2,(H,19,21). The van der Waals surface area contributed by atoms with Gasteiger partial charge in [-0.1, -0.05) is 6.07 Å². The van der Waals surface area contributed by atoms with Gasteiger partial charge in [0, 0.05) is 23.8 Å². The second kappa shape index (κ2) is 6.45. The van der Waals surface area contributed by atoms with Crippen LogP contribution in [0.25, 0.3) is 5.69 Å². The summed E-state index contributed by atoms with van der Waals surface area (Å²) in [5.74, 6) is -0.524. The number of aromatic nitrogens is 1. The number of alkyl halides is 3. The number of benzene rings is 1. The van der Waals surface area contributed by atoms with E-state index in [0.717, 1.165) is 5.69 Å². The highest BCUT2D eigenvalue weighted by Gasteiger charge is 2.26. The molecule has 7 heteroatoms. The first-order valence-corrected chi connectivity index (χ1v) is 6.25. The summed E-state index contributed by atoms with van der Waals surface area (Å²) in [5, 5.41) is 4.59. The highest BCUT2D eigenvalue weighted by Crippen LogP contribution is 2.15. The molecule has 2 rings (SSSR count). The minimum Gasteiger partial charge on any atom is -0.325 e. The summed E-state index contributed by atoms with van der Waals surface area (Å²) in [6, 6.07) is 10.8. The van der Waals surface area contributed by atoms with Gasteiger partial charge in [-0.15, -0.1) is 0 Å². The minimum absolute atomic E-state index is 0.396. The van der Waals surface area contributed by atoms with Crippen molar-refractivity contribution in [3.8, 4) is 5.69 Å². The predicted molar refractivity (Wildman–Crippen MR) is 73.3 cm³/mol. The quantitative estimate of drug-likeness (QED) is 0.891. The molecule has 0 aliphatic heterocycles. The zero-order chi connectivity index (χ0) is 15.3. The first-order valence-electron chi connectivity index (χ1n) is 6.25. The first kappa shape index (κ1) is 15.1. The van der Waals surface area contributed by atoms with E-state index in [9.17, 15) is 18.0 Å². The van der Waals surface area contributed by atoms with Gasteiger partial charge in [-0.3, -0.25) is 4.79 Å². The van der Waals surface area contributed by atoms with Crippen molar-refractivity contribution in [1.29, 1.82) is 0 Å². The minimum atomic E-state index is -4.32. The van der Waals surface area contributed by atoms with Crippen LogP contribution in [0.5, 0.6) is 0 Å². The lowest BCUT2D eigenvalue weighted by Crippen LogP contribution is -2.35. The Hall–Kier alpha value is -2.28. The van der Waals surface area contributed by atoms with E-state index in [1.165, 1.54) is 0 Å². The summed E-state index contributed by atoms with van der Waals surface area (Å²) in [5.41, 5.74) is 1.38. The van der Waals surface area contributed by atoms with Gasteiger partial charge in [0.05, 0.1) is 13.1 Å². The van der Waals surface area contributed by atoms with Crippen molar-refractivity contribution >= 4 is 11.6 Å². The molecule has 0 spiro atoms. The molecule has 1 amide bonds. The van der Waals surface area contributed by atoms with Crippen LogP contribution in [0.3, 0.4) is 0 Å². The summed E-state index contributed by atoms with van der Waals surface area (Å²) in [6.45, 7) is -1.59. The lowest BCUT2D eigenvalue weighted by Gasteiger charge is -2.10. The van der Waals surface area contributed by atoms with Crippen LogP contribution in [0, 0.1) is 0 Å². The second-order valence-electron chi connectivity index (χ2n) is 4.41. The number of carbonyl (C=O) groups excluding carboxylic acids is 1. The number of nitrogens with zero attached hydrogens (tertiary/aromatic N) is 1. The molecule has 0 bridgehead atoms. The number of nitrogens with one attached hydrogen (secondary N) is 2. The Morgan fingerprint density at radius 3 is 2.52 bits per heavy atom. The van der Waals surface area contributed by atoms with Crippen LogP contribution in [0.2, 0.25) is 0 Å². The average Bonchev–Trinajstić information content (AvgIpc) is 2.91. The topological polar surface area (TPSA) is 46.1 Å². The van der Waals surface area contributed by atoms with E-state index in [2.05, 4.69) is 5.32 Å². The summed E-state index contributed by atoms with van der Waals surface area (Å²) in [6.07, 6.45) is -0.619. The Labute approximate surface area is 119 Å². The fourth-order valence-electron chi connectivity index (χ4n) is 1.77. The molecule has 1 heterocycles. The molecule has 1 aromatic carbocycles.